The van der Waals surface area contributed by atoms with E-state index >= 15 is 0 Å². The zero-order chi connectivity index (χ0) is 10.7. The first kappa shape index (κ1) is 11.2. The van der Waals surface area contributed by atoms with E-state index in [4.69, 9.17) is 0 Å². The molecule has 0 aromatic heterocycles. The Balaban J connectivity index is 2.94. The fourth-order valence-electron chi connectivity index (χ4n) is 1.08. The molecule has 3 nitrogen and oxygen atoms in total. The topological polar surface area (TPSA) is 32.3 Å². The molecule has 1 rings (SSSR count). The van der Waals surface area contributed by atoms with Crippen molar-refractivity contribution in [3.63, 3.8) is 0 Å². The lowest BCUT2D eigenvalue weighted by Crippen LogP contribution is -2.36. The summed E-state index contributed by atoms with van der Waals surface area (Å²) in [6.07, 6.45) is 0. The number of nitrogens with one attached hydrogen (secondary N) is 1. The molecule has 0 aliphatic rings. The third-order valence-electron chi connectivity index (χ3n) is 1.69. The van der Waals surface area contributed by atoms with Crippen molar-refractivity contribution in [2.45, 2.75) is 6.92 Å². The molecular weight excluding hydrogens is 244 g/mol. The zero-order valence-electron chi connectivity index (χ0n) is 8.47. The van der Waals surface area contributed by atoms with E-state index in [1.807, 2.05) is 25.1 Å². The quantitative estimate of drug-likeness (QED) is 0.821. The predicted octanol–water partition coefficient (Wildman–Crippen LogP) is 1.96. The van der Waals surface area contributed by atoms with Crippen LogP contribution in [0.1, 0.15) is 15.9 Å². The minimum atomic E-state index is -0.106. The minimum absolute atomic E-state index is 0.106. The summed E-state index contributed by atoms with van der Waals surface area (Å²) in [4.78, 5) is 11.6. The molecule has 0 fully saturated rings. The van der Waals surface area contributed by atoms with E-state index in [0.717, 1.165) is 10.0 Å². The molecule has 0 aliphatic heterocycles. The molecule has 0 bridgehead atoms. The van der Waals surface area contributed by atoms with Gasteiger partial charge in [-0.15, -0.1) is 0 Å². The maximum Gasteiger partial charge on any atom is 0.266 e. The van der Waals surface area contributed by atoms with Crippen molar-refractivity contribution in [1.82, 2.24) is 10.4 Å². The third kappa shape index (κ3) is 2.82. The van der Waals surface area contributed by atoms with E-state index < -0.39 is 0 Å². The highest BCUT2D eigenvalue weighted by atomic mass is 79.9. The van der Waals surface area contributed by atoms with Crippen molar-refractivity contribution >= 4 is 21.8 Å². The van der Waals surface area contributed by atoms with Crippen LogP contribution in [-0.2, 0) is 0 Å². The Labute approximate surface area is 92.2 Å². The number of amides is 1. The fourth-order valence-corrected chi connectivity index (χ4v) is 1.50. The van der Waals surface area contributed by atoms with Gasteiger partial charge in [-0.05, 0) is 35.0 Å². The first-order valence-corrected chi connectivity index (χ1v) is 5.04. The maximum atomic E-state index is 11.6. The van der Waals surface area contributed by atoms with Gasteiger partial charge in [0, 0.05) is 18.6 Å². The van der Waals surface area contributed by atoms with Crippen LogP contribution in [0.2, 0.25) is 0 Å². The molecule has 0 saturated heterocycles. The summed E-state index contributed by atoms with van der Waals surface area (Å²) in [5, 5.41) is 1.62. The lowest BCUT2D eigenvalue weighted by atomic mass is 10.1. The van der Waals surface area contributed by atoms with Crippen molar-refractivity contribution in [2.24, 2.45) is 0 Å². The van der Waals surface area contributed by atoms with Crippen molar-refractivity contribution in [2.75, 3.05) is 14.1 Å². The summed E-state index contributed by atoms with van der Waals surface area (Å²) in [5.41, 5.74) is 4.41. The lowest BCUT2D eigenvalue weighted by molar-refractivity contribution is 0.0856. The number of hydrazine groups is 1. The second-order valence-corrected chi connectivity index (χ2v) is 4.17. The van der Waals surface area contributed by atoms with Crippen molar-refractivity contribution < 1.29 is 4.79 Å². The van der Waals surface area contributed by atoms with Crippen molar-refractivity contribution in [1.29, 1.82) is 0 Å². The summed E-state index contributed by atoms with van der Waals surface area (Å²) < 4.78 is 0.808. The summed E-state index contributed by atoms with van der Waals surface area (Å²) in [7, 11) is 3.56. The van der Waals surface area contributed by atoms with E-state index in [-0.39, 0.29) is 5.91 Å². The second kappa shape index (κ2) is 4.57. The molecule has 0 aliphatic carbocycles. The van der Waals surface area contributed by atoms with Gasteiger partial charge in [-0.3, -0.25) is 10.2 Å². The molecule has 0 heterocycles. The van der Waals surface area contributed by atoms with Crippen LogP contribution in [0.4, 0.5) is 0 Å². The number of halogens is 1. The summed E-state index contributed by atoms with van der Waals surface area (Å²) in [6, 6.07) is 5.68. The van der Waals surface area contributed by atoms with Gasteiger partial charge in [0.1, 0.15) is 0 Å². The van der Waals surface area contributed by atoms with Crippen LogP contribution < -0.4 is 5.43 Å². The standard InChI is InChI=1S/C10H13BrN2O/c1-7-4-5-9(11)8(6-7)10(14)12-13(2)3/h4-6H,1-3H3,(H,12,14). The fraction of sp³-hybridized carbons (Fsp3) is 0.300. The smallest absolute Gasteiger partial charge is 0.266 e. The van der Waals surface area contributed by atoms with Gasteiger partial charge < -0.3 is 0 Å². The van der Waals surface area contributed by atoms with Crippen LogP contribution >= 0.6 is 15.9 Å². The van der Waals surface area contributed by atoms with Gasteiger partial charge >= 0.3 is 0 Å². The first-order valence-electron chi connectivity index (χ1n) is 4.25. The molecule has 0 spiro atoms. The van der Waals surface area contributed by atoms with Gasteiger partial charge in [0.15, 0.2) is 0 Å². The zero-order valence-corrected chi connectivity index (χ0v) is 10.1. The van der Waals surface area contributed by atoms with E-state index in [1.165, 1.54) is 0 Å². The average molecular weight is 257 g/mol. The van der Waals surface area contributed by atoms with E-state index in [2.05, 4.69) is 21.4 Å². The Morgan fingerprint density at radius 3 is 2.64 bits per heavy atom. The highest BCUT2D eigenvalue weighted by Gasteiger charge is 2.09. The average Bonchev–Trinajstić information content (AvgIpc) is 2.08. The molecule has 76 valence electrons. The molecule has 14 heavy (non-hydrogen) atoms. The Morgan fingerprint density at radius 1 is 1.43 bits per heavy atom. The van der Waals surface area contributed by atoms with Gasteiger partial charge in [-0.2, -0.15) is 0 Å². The molecule has 1 aromatic carbocycles. The molecule has 1 N–H and O–H groups in total. The molecule has 0 atom stereocenters. The summed E-state index contributed by atoms with van der Waals surface area (Å²) >= 11 is 3.34. The SMILES string of the molecule is Cc1ccc(Br)c(C(=O)NN(C)C)c1. The Hall–Kier alpha value is -0.870. The highest BCUT2D eigenvalue weighted by molar-refractivity contribution is 9.10. The molecular formula is C10H13BrN2O. The van der Waals surface area contributed by atoms with Crippen LogP contribution in [0.15, 0.2) is 22.7 Å². The first-order chi connectivity index (χ1) is 6.50. The van der Waals surface area contributed by atoms with Crippen LogP contribution in [0.25, 0.3) is 0 Å². The van der Waals surface area contributed by atoms with Gasteiger partial charge in [0.2, 0.25) is 0 Å². The second-order valence-electron chi connectivity index (χ2n) is 3.32. The van der Waals surface area contributed by atoms with Crippen LogP contribution in [0.5, 0.6) is 0 Å². The number of benzene rings is 1. The van der Waals surface area contributed by atoms with E-state index in [1.54, 1.807) is 19.1 Å². The Kier molecular flexibility index (Phi) is 3.66. The van der Waals surface area contributed by atoms with Gasteiger partial charge in [-0.1, -0.05) is 11.6 Å². The molecule has 4 heteroatoms. The molecule has 0 saturated carbocycles. The molecule has 0 radical (unpaired) electrons. The van der Waals surface area contributed by atoms with Crippen LogP contribution in [-0.4, -0.2) is 25.0 Å². The number of hydrogen-bond acceptors (Lipinski definition) is 2. The van der Waals surface area contributed by atoms with E-state index in [9.17, 15) is 4.79 Å². The van der Waals surface area contributed by atoms with Crippen LogP contribution in [0, 0.1) is 6.92 Å². The lowest BCUT2D eigenvalue weighted by Gasteiger charge is -2.12. The predicted molar refractivity (Wildman–Crippen MR) is 60.0 cm³/mol. The van der Waals surface area contributed by atoms with Gasteiger partial charge in [0.25, 0.3) is 5.91 Å². The number of carbonyl (C=O) groups excluding carboxylic acids is 1. The van der Waals surface area contributed by atoms with Gasteiger partial charge in [0.05, 0.1) is 5.56 Å². The monoisotopic (exact) mass is 256 g/mol. The van der Waals surface area contributed by atoms with Crippen LogP contribution in [0.3, 0.4) is 0 Å². The number of carbonyl (C=O) groups is 1. The Bertz CT molecular complexity index is 350. The third-order valence-corrected chi connectivity index (χ3v) is 2.38. The number of hydrogen-bond donors (Lipinski definition) is 1. The van der Waals surface area contributed by atoms with E-state index in [0.29, 0.717) is 5.56 Å². The summed E-state index contributed by atoms with van der Waals surface area (Å²) in [5.74, 6) is -0.106. The Morgan fingerprint density at radius 2 is 2.07 bits per heavy atom. The molecule has 1 amide bonds. The highest BCUT2D eigenvalue weighted by Crippen LogP contribution is 2.17. The normalized spacial score (nSPS) is 10.4. The number of aryl methyl sites for hydroxylation is 1. The number of rotatable bonds is 2. The summed E-state index contributed by atoms with van der Waals surface area (Å²) in [6.45, 7) is 1.96. The van der Waals surface area contributed by atoms with Crippen molar-refractivity contribution in [3.8, 4) is 0 Å². The largest absolute Gasteiger partial charge is 0.285 e. The van der Waals surface area contributed by atoms with Crippen molar-refractivity contribution in [3.05, 3.63) is 33.8 Å². The number of nitrogens with zero attached hydrogens (tertiary/aromatic N) is 1. The minimum Gasteiger partial charge on any atom is -0.285 e. The van der Waals surface area contributed by atoms with Gasteiger partial charge in [-0.25, -0.2) is 5.01 Å². The molecule has 1 aromatic rings. The maximum absolute atomic E-state index is 11.6. The molecule has 0 unspecified atom stereocenters.